The van der Waals surface area contributed by atoms with Gasteiger partial charge in [0.15, 0.2) is 0 Å². The number of nitro groups is 1. The molecule has 12 heavy (non-hydrogen) atoms. The molecule has 0 aromatic rings. The summed E-state index contributed by atoms with van der Waals surface area (Å²) in [6, 6.07) is -1.54. The summed E-state index contributed by atoms with van der Waals surface area (Å²) in [6.07, 6.45) is -1.53. The summed E-state index contributed by atoms with van der Waals surface area (Å²) in [5.41, 5.74) is 0. The monoisotopic (exact) mass is 177 g/mol. The van der Waals surface area contributed by atoms with Gasteiger partial charge in [0.05, 0.1) is 0 Å². The van der Waals surface area contributed by atoms with E-state index in [0.717, 1.165) is 0 Å². The smallest absolute Gasteiger partial charge is 0.310 e. The van der Waals surface area contributed by atoms with E-state index in [-0.39, 0.29) is 0 Å². The zero-order valence-corrected chi connectivity index (χ0v) is 5.97. The molecule has 2 N–H and O–H groups in total. The van der Waals surface area contributed by atoms with Gasteiger partial charge >= 0.3 is 11.9 Å². The van der Waals surface area contributed by atoms with Crippen LogP contribution in [-0.2, 0) is 9.59 Å². The van der Waals surface area contributed by atoms with Crippen LogP contribution in [0.5, 0.6) is 0 Å². The zero-order chi connectivity index (χ0) is 9.72. The number of carbonyl (C=O) groups is 2. The molecule has 0 saturated heterocycles. The minimum Gasteiger partial charge on any atom is -0.481 e. The van der Waals surface area contributed by atoms with Gasteiger partial charge in [0.2, 0.25) is 6.04 Å². The van der Waals surface area contributed by atoms with E-state index < -0.39 is 35.7 Å². The molecule has 0 aliphatic rings. The van der Waals surface area contributed by atoms with Gasteiger partial charge in [0.1, 0.15) is 12.8 Å². The van der Waals surface area contributed by atoms with Crippen LogP contribution in [0.25, 0.3) is 0 Å². The maximum atomic E-state index is 10.0. The number of hydrogen-bond acceptors (Lipinski definition) is 4. The topological polar surface area (TPSA) is 118 Å². The van der Waals surface area contributed by atoms with Gasteiger partial charge in [-0.3, -0.25) is 19.7 Å². The Balaban J connectivity index is 4.14. The van der Waals surface area contributed by atoms with E-state index in [4.69, 9.17) is 10.2 Å². The van der Waals surface area contributed by atoms with Gasteiger partial charge < -0.3 is 10.2 Å². The van der Waals surface area contributed by atoms with E-state index in [1.54, 1.807) is 0 Å². The second-order valence-corrected chi connectivity index (χ2v) is 2.13. The van der Waals surface area contributed by atoms with Crippen LogP contribution >= 0.6 is 0 Å². The van der Waals surface area contributed by atoms with Crippen molar-refractivity contribution < 1.29 is 24.7 Å². The van der Waals surface area contributed by atoms with Gasteiger partial charge in [-0.25, -0.2) is 0 Å². The Morgan fingerprint density at radius 1 is 1.25 bits per heavy atom. The predicted molar refractivity (Wildman–Crippen MR) is 35.3 cm³/mol. The molecule has 7 heteroatoms. The molecule has 0 rings (SSSR count). The van der Waals surface area contributed by atoms with Gasteiger partial charge in [-0.2, -0.15) is 0 Å². The molecule has 0 bridgehead atoms. The summed E-state index contributed by atoms with van der Waals surface area (Å²) in [6.45, 7) is 0. The van der Waals surface area contributed by atoms with Crippen LogP contribution in [0.2, 0.25) is 0 Å². The SMILES string of the molecule is O=C(O)CC(CC(=O)O)[N+](=O)[O-]. The fourth-order valence-corrected chi connectivity index (χ4v) is 0.624. The number of hydrogen-bond donors (Lipinski definition) is 2. The lowest BCUT2D eigenvalue weighted by Gasteiger charge is -2.02. The lowest BCUT2D eigenvalue weighted by molar-refractivity contribution is -0.520. The Labute approximate surface area is 66.8 Å². The molecule has 0 saturated carbocycles. The highest BCUT2D eigenvalue weighted by atomic mass is 16.6. The highest BCUT2D eigenvalue weighted by molar-refractivity contribution is 5.71. The third-order valence-corrected chi connectivity index (χ3v) is 1.12. The van der Waals surface area contributed by atoms with E-state index >= 15 is 0 Å². The van der Waals surface area contributed by atoms with E-state index in [0.29, 0.717) is 0 Å². The largest absolute Gasteiger partial charge is 0.481 e. The first-order valence-corrected chi connectivity index (χ1v) is 3.00. The molecule has 0 aromatic carbocycles. The fraction of sp³-hybridized carbons (Fsp3) is 0.600. The molecular formula is C5H7NO6. The van der Waals surface area contributed by atoms with E-state index in [1.165, 1.54) is 0 Å². The minimum atomic E-state index is -1.54. The van der Waals surface area contributed by atoms with Gasteiger partial charge in [-0.05, 0) is 0 Å². The normalized spacial score (nSPS) is 9.75. The Morgan fingerprint density at radius 2 is 1.58 bits per heavy atom. The predicted octanol–water partition coefficient (Wildman–Crippen LogP) is -0.419. The van der Waals surface area contributed by atoms with Gasteiger partial charge in [0, 0.05) is 4.92 Å². The Morgan fingerprint density at radius 3 is 1.75 bits per heavy atom. The molecular weight excluding hydrogens is 170 g/mol. The van der Waals surface area contributed by atoms with Crippen molar-refractivity contribution in [2.24, 2.45) is 0 Å². The first kappa shape index (κ1) is 10.3. The second kappa shape index (κ2) is 4.27. The Kier molecular flexibility index (Phi) is 3.68. The molecule has 0 fully saturated rings. The fourth-order valence-electron chi connectivity index (χ4n) is 0.624. The van der Waals surface area contributed by atoms with Gasteiger partial charge in [-0.15, -0.1) is 0 Å². The molecule has 0 aliphatic carbocycles. The highest BCUT2D eigenvalue weighted by Gasteiger charge is 2.26. The minimum absolute atomic E-state index is 0.765. The van der Waals surface area contributed by atoms with Crippen LogP contribution in [0.4, 0.5) is 0 Å². The van der Waals surface area contributed by atoms with Crippen molar-refractivity contribution in [3.63, 3.8) is 0 Å². The average Bonchev–Trinajstić information content (AvgIpc) is 1.83. The molecule has 0 radical (unpaired) electrons. The number of carboxylic acid groups (broad SMARTS) is 2. The van der Waals surface area contributed by atoms with Crippen LogP contribution in [0.15, 0.2) is 0 Å². The van der Waals surface area contributed by atoms with Crippen molar-refractivity contribution in [2.75, 3.05) is 0 Å². The Hall–Kier alpha value is -1.66. The molecule has 68 valence electrons. The first-order chi connectivity index (χ1) is 5.43. The summed E-state index contributed by atoms with van der Waals surface area (Å²) in [7, 11) is 0. The van der Waals surface area contributed by atoms with Crippen molar-refractivity contribution in [1.82, 2.24) is 0 Å². The van der Waals surface area contributed by atoms with Gasteiger partial charge in [-0.1, -0.05) is 0 Å². The van der Waals surface area contributed by atoms with Crippen molar-refractivity contribution in [1.29, 1.82) is 0 Å². The standard InChI is InChI=1S/C5H7NO6/c7-4(8)1-3(6(11)12)2-5(9)10/h3H,1-2H2,(H,7,8)(H,9,10). The molecule has 0 atom stereocenters. The summed E-state index contributed by atoms with van der Waals surface area (Å²) >= 11 is 0. The highest BCUT2D eigenvalue weighted by Crippen LogP contribution is 2.02. The second-order valence-electron chi connectivity index (χ2n) is 2.13. The third-order valence-electron chi connectivity index (χ3n) is 1.12. The molecule has 0 spiro atoms. The van der Waals surface area contributed by atoms with Crippen molar-refractivity contribution >= 4 is 11.9 Å². The summed E-state index contributed by atoms with van der Waals surface area (Å²) in [5.74, 6) is -2.75. The van der Waals surface area contributed by atoms with E-state index in [9.17, 15) is 19.7 Å². The summed E-state index contributed by atoms with van der Waals surface area (Å²) in [5, 5.41) is 26.3. The van der Waals surface area contributed by atoms with E-state index in [2.05, 4.69) is 0 Å². The number of aliphatic carboxylic acids is 2. The molecule has 7 nitrogen and oxygen atoms in total. The van der Waals surface area contributed by atoms with Crippen molar-refractivity contribution in [3.8, 4) is 0 Å². The Bertz CT molecular complexity index is 196. The maximum absolute atomic E-state index is 10.0. The number of nitrogens with zero attached hydrogens (tertiary/aromatic N) is 1. The number of carboxylic acids is 2. The molecule has 0 aliphatic heterocycles. The average molecular weight is 177 g/mol. The zero-order valence-electron chi connectivity index (χ0n) is 5.97. The van der Waals surface area contributed by atoms with Crippen LogP contribution < -0.4 is 0 Å². The van der Waals surface area contributed by atoms with Gasteiger partial charge in [0.25, 0.3) is 0 Å². The van der Waals surface area contributed by atoms with Crippen LogP contribution in [0, 0.1) is 10.1 Å². The molecule has 0 heterocycles. The first-order valence-electron chi connectivity index (χ1n) is 3.00. The molecule has 0 aromatic heterocycles. The van der Waals surface area contributed by atoms with Crippen molar-refractivity contribution in [3.05, 3.63) is 10.1 Å². The van der Waals surface area contributed by atoms with Crippen LogP contribution in [0.3, 0.4) is 0 Å². The van der Waals surface area contributed by atoms with Crippen LogP contribution in [-0.4, -0.2) is 33.1 Å². The lowest BCUT2D eigenvalue weighted by Crippen LogP contribution is -2.26. The third kappa shape index (κ3) is 4.20. The van der Waals surface area contributed by atoms with Crippen molar-refractivity contribution in [2.45, 2.75) is 18.9 Å². The maximum Gasteiger partial charge on any atom is 0.310 e. The summed E-state index contributed by atoms with van der Waals surface area (Å²) < 4.78 is 0. The lowest BCUT2D eigenvalue weighted by atomic mass is 10.1. The summed E-state index contributed by atoms with van der Waals surface area (Å²) in [4.78, 5) is 29.1. The quantitative estimate of drug-likeness (QED) is 0.435. The molecule has 0 unspecified atom stereocenters. The number of rotatable bonds is 5. The van der Waals surface area contributed by atoms with E-state index in [1.807, 2.05) is 0 Å². The molecule has 0 amide bonds. The van der Waals surface area contributed by atoms with Crippen LogP contribution in [0.1, 0.15) is 12.8 Å².